The van der Waals surface area contributed by atoms with Crippen molar-refractivity contribution in [2.45, 2.75) is 77.6 Å². The van der Waals surface area contributed by atoms with Crippen LogP contribution in [0, 0.1) is 0 Å². The quantitative estimate of drug-likeness (QED) is 0.154. The first-order valence-electron chi connectivity index (χ1n) is 24.0. The van der Waals surface area contributed by atoms with Crippen LogP contribution in [0.1, 0.15) is 78.0 Å². The van der Waals surface area contributed by atoms with Crippen LogP contribution in [0.4, 0.5) is 51.2 Å². The second-order valence-corrected chi connectivity index (χ2v) is 22.3. The molecule has 0 atom stereocenters. The van der Waals surface area contributed by atoms with Crippen molar-refractivity contribution >= 4 is 95.0 Å². The van der Waals surface area contributed by atoms with Crippen molar-refractivity contribution in [1.29, 1.82) is 0 Å². The molecular formula is C62H56BN3S. The summed E-state index contributed by atoms with van der Waals surface area (Å²) in [6, 6.07) is 70.5. The Morgan fingerprint density at radius 3 is 1.69 bits per heavy atom. The van der Waals surface area contributed by atoms with Crippen LogP contribution < -0.4 is 30.4 Å². The van der Waals surface area contributed by atoms with Crippen LogP contribution in [0.3, 0.4) is 0 Å². The summed E-state index contributed by atoms with van der Waals surface area (Å²) in [6.07, 6.45) is 2.35. The van der Waals surface area contributed by atoms with Gasteiger partial charge in [0.25, 0.3) is 6.71 Å². The van der Waals surface area contributed by atoms with Crippen molar-refractivity contribution in [2.75, 3.05) is 14.7 Å². The summed E-state index contributed by atoms with van der Waals surface area (Å²) in [4.78, 5) is 7.69. The number of rotatable bonds is 6. The van der Waals surface area contributed by atoms with Crippen LogP contribution in [0.5, 0.6) is 0 Å². The number of para-hydroxylation sites is 4. The van der Waals surface area contributed by atoms with E-state index < -0.39 is 0 Å². The summed E-state index contributed by atoms with van der Waals surface area (Å²) in [5, 5.41) is 1.34. The van der Waals surface area contributed by atoms with Gasteiger partial charge in [-0.2, -0.15) is 0 Å². The molecule has 9 aromatic rings. The minimum atomic E-state index is -0.120. The van der Waals surface area contributed by atoms with E-state index in [0.29, 0.717) is 0 Å². The number of fused-ring (bicyclic) bond motifs is 7. The van der Waals surface area contributed by atoms with Gasteiger partial charge in [0.05, 0.1) is 11.4 Å². The van der Waals surface area contributed by atoms with Gasteiger partial charge in [0.2, 0.25) is 0 Å². The molecule has 5 heteroatoms. The molecule has 8 aromatic carbocycles. The molecule has 2 aliphatic heterocycles. The molecule has 3 nitrogen and oxygen atoms in total. The fourth-order valence-corrected chi connectivity index (χ4v) is 12.8. The molecule has 1 aliphatic carbocycles. The van der Waals surface area contributed by atoms with Crippen molar-refractivity contribution < 1.29 is 0 Å². The Kier molecular flexibility index (Phi) is 9.54. The van der Waals surface area contributed by atoms with Crippen molar-refractivity contribution in [1.82, 2.24) is 0 Å². The van der Waals surface area contributed by atoms with Crippen molar-refractivity contribution in [2.24, 2.45) is 0 Å². The van der Waals surface area contributed by atoms with Gasteiger partial charge in [0.15, 0.2) is 0 Å². The van der Waals surface area contributed by atoms with E-state index in [-0.39, 0.29) is 23.0 Å². The van der Waals surface area contributed by atoms with E-state index >= 15 is 0 Å². The van der Waals surface area contributed by atoms with Crippen molar-refractivity contribution in [3.05, 3.63) is 205 Å². The molecule has 0 spiro atoms. The highest BCUT2D eigenvalue weighted by Gasteiger charge is 2.47. The highest BCUT2D eigenvalue weighted by atomic mass is 32.1. The fraction of sp³-hybridized carbons (Fsp3) is 0.194. The Labute approximate surface area is 401 Å². The Morgan fingerprint density at radius 2 is 1.06 bits per heavy atom. The van der Waals surface area contributed by atoms with Crippen molar-refractivity contribution in [3.8, 4) is 11.1 Å². The molecule has 0 bridgehead atoms. The van der Waals surface area contributed by atoms with Gasteiger partial charge >= 0.3 is 0 Å². The molecule has 67 heavy (non-hydrogen) atoms. The summed E-state index contributed by atoms with van der Waals surface area (Å²) < 4.78 is 2.76. The monoisotopic (exact) mass is 885 g/mol. The zero-order chi connectivity index (χ0) is 45.8. The summed E-state index contributed by atoms with van der Waals surface area (Å²) in [7, 11) is 0. The zero-order valence-electron chi connectivity index (χ0n) is 39.6. The molecule has 0 unspecified atom stereocenters. The van der Waals surface area contributed by atoms with Crippen LogP contribution in [0.25, 0.3) is 21.2 Å². The third-order valence-electron chi connectivity index (χ3n) is 15.0. The summed E-state index contributed by atoms with van der Waals surface area (Å²) in [5.74, 6) is 0. The molecule has 0 fully saturated rings. The number of nitrogens with zero attached hydrogens (tertiary/aromatic N) is 3. The molecule has 12 rings (SSSR count). The van der Waals surface area contributed by atoms with Gasteiger partial charge in [-0.1, -0.05) is 164 Å². The third kappa shape index (κ3) is 6.68. The van der Waals surface area contributed by atoms with Gasteiger partial charge in [-0.15, -0.1) is 11.3 Å². The molecule has 0 saturated heterocycles. The van der Waals surface area contributed by atoms with Crippen LogP contribution in [0.2, 0.25) is 0 Å². The second-order valence-electron chi connectivity index (χ2n) is 21.2. The topological polar surface area (TPSA) is 9.72 Å². The van der Waals surface area contributed by atoms with E-state index in [1.54, 1.807) is 0 Å². The maximum absolute atomic E-state index is 2.63. The highest BCUT2D eigenvalue weighted by Crippen LogP contribution is 2.54. The standard InChI is InChI=1S/C62H56BN3S/c1-60(2,3)48-30-20-21-31-52(48)66-53-33-32-42(41-22-12-8-13-23-41)36-51(53)63-57-54(37-46(38-55(57)66)64(43-24-14-9-15-25-43)44-26-16-10-17-27-44)65(45-28-18-11-19-29-45)58-47-39-49-50(40-56(47)67-59(58)63)62(6,7)35-34-61(49,4)5/h8-33,36-40H,34-35H2,1-7H3. The lowest BCUT2D eigenvalue weighted by Crippen LogP contribution is -2.60. The zero-order valence-corrected chi connectivity index (χ0v) is 40.5. The minimum Gasteiger partial charge on any atom is -0.311 e. The maximum Gasteiger partial charge on any atom is 0.264 e. The Hall–Kier alpha value is -6.82. The average molecular weight is 886 g/mol. The van der Waals surface area contributed by atoms with E-state index in [4.69, 9.17) is 0 Å². The van der Waals surface area contributed by atoms with Crippen LogP contribution in [-0.2, 0) is 16.2 Å². The lowest BCUT2D eigenvalue weighted by Gasteiger charge is -2.45. The van der Waals surface area contributed by atoms with Gasteiger partial charge in [0, 0.05) is 54.7 Å². The van der Waals surface area contributed by atoms with Gasteiger partial charge in [-0.3, -0.25) is 0 Å². The van der Waals surface area contributed by atoms with Crippen LogP contribution in [-0.4, -0.2) is 6.71 Å². The number of hydrogen-bond donors (Lipinski definition) is 0. The molecule has 0 saturated carbocycles. The molecule has 1 aromatic heterocycles. The summed E-state index contributed by atoms with van der Waals surface area (Å²) >= 11 is 2.01. The normalized spacial score (nSPS) is 15.4. The van der Waals surface area contributed by atoms with Gasteiger partial charge in [-0.05, 0) is 141 Å². The fourth-order valence-electron chi connectivity index (χ4n) is 11.5. The van der Waals surface area contributed by atoms with Gasteiger partial charge in [0.1, 0.15) is 0 Å². The largest absolute Gasteiger partial charge is 0.311 e. The first-order valence-corrected chi connectivity index (χ1v) is 24.8. The Bertz CT molecular complexity index is 3310. The lowest BCUT2D eigenvalue weighted by molar-refractivity contribution is 0.332. The molecule has 0 amide bonds. The van der Waals surface area contributed by atoms with E-state index in [2.05, 4.69) is 251 Å². The molecule has 0 radical (unpaired) electrons. The number of benzene rings is 8. The molecule has 328 valence electrons. The lowest BCUT2D eigenvalue weighted by atomic mass is 9.36. The Balaban J connectivity index is 1.25. The highest BCUT2D eigenvalue weighted by molar-refractivity contribution is 7.33. The smallest absolute Gasteiger partial charge is 0.264 e. The number of anilines is 9. The average Bonchev–Trinajstić information content (AvgIpc) is 3.72. The van der Waals surface area contributed by atoms with E-state index in [9.17, 15) is 0 Å². The molecule has 3 aliphatic rings. The SMILES string of the molecule is CC(C)(C)c1ccccc1N1c2ccc(-c3ccccc3)cc2B2c3sc4cc5c(cc4c3N(c3ccccc3)c3cc(N(c4ccccc4)c4ccccc4)cc1c32)C(C)(C)CCC5(C)C. The van der Waals surface area contributed by atoms with Gasteiger partial charge < -0.3 is 14.7 Å². The molecule has 0 N–H and O–H groups in total. The van der Waals surface area contributed by atoms with E-state index in [0.717, 1.165) is 22.7 Å². The minimum absolute atomic E-state index is 0.0249. The van der Waals surface area contributed by atoms with E-state index in [1.807, 2.05) is 11.3 Å². The molecule has 3 heterocycles. The van der Waals surface area contributed by atoms with Crippen molar-refractivity contribution in [3.63, 3.8) is 0 Å². The predicted molar refractivity (Wildman–Crippen MR) is 290 cm³/mol. The maximum atomic E-state index is 2.63. The van der Waals surface area contributed by atoms with Crippen LogP contribution >= 0.6 is 11.3 Å². The molecular weight excluding hydrogens is 830 g/mol. The van der Waals surface area contributed by atoms with Crippen LogP contribution in [0.15, 0.2) is 188 Å². The van der Waals surface area contributed by atoms with Gasteiger partial charge in [-0.25, -0.2) is 0 Å². The Morgan fingerprint density at radius 1 is 0.507 bits per heavy atom. The summed E-state index contributed by atoms with van der Waals surface area (Å²) in [6.45, 7) is 16.8. The summed E-state index contributed by atoms with van der Waals surface area (Å²) in [5.41, 5.74) is 20.1. The number of thiophene rings is 1. The van der Waals surface area contributed by atoms with E-state index in [1.165, 1.54) is 94.9 Å². The second kappa shape index (κ2) is 15.4. The number of hydrogen-bond acceptors (Lipinski definition) is 4. The first-order chi connectivity index (χ1) is 32.4. The third-order valence-corrected chi connectivity index (χ3v) is 16.2. The predicted octanol–water partition coefficient (Wildman–Crippen LogP) is 15.8. The first kappa shape index (κ1) is 41.6.